The van der Waals surface area contributed by atoms with E-state index in [1.54, 1.807) is 0 Å². The summed E-state index contributed by atoms with van der Waals surface area (Å²) in [7, 11) is 0. The number of allylic oxidation sites excluding steroid dienone is 2. The summed E-state index contributed by atoms with van der Waals surface area (Å²) in [5.74, 6) is -0.847. The van der Waals surface area contributed by atoms with E-state index in [0.717, 1.165) is 64.2 Å². The summed E-state index contributed by atoms with van der Waals surface area (Å²) in [5, 5.41) is 0. The van der Waals surface area contributed by atoms with Crippen LogP contribution in [0.15, 0.2) is 12.2 Å². The van der Waals surface area contributed by atoms with Gasteiger partial charge in [0.2, 0.25) is 0 Å². The lowest BCUT2D eigenvalue weighted by Gasteiger charge is -2.18. The van der Waals surface area contributed by atoms with Gasteiger partial charge in [0.25, 0.3) is 0 Å². The first-order valence-corrected chi connectivity index (χ1v) is 31.7. The first-order valence-electron chi connectivity index (χ1n) is 31.7. The van der Waals surface area contributed by atoms with Gasteiger partial charge in [-0.15, -0.1) is 0 Å². The summed E-state index contributed by atoms with van der Waals surface area (Å²) >= 11 is 0. The molecule has 0 aliphatic heterocycles. The van der Waals surface area contributed by atoms with Crippen LogP contribution in [-0.4, -0.2) is 37.2 Å². The fraction of sp³-hybridized carbons (Fsp3) is 0.922. The largest absolute Gasteiger partial charge is 0.462 e. The van der Waals surface area contributed by atoms with Crippen molar-refractivity contribution in [1.82, 2.24) is 0 Å². The van der Waals surface area contributed by atoms with Crippen molar-refractivity contribution in [2.45, 2.75) is 367 Å². The van der Waals surface area contributed by atoms with Gasteiger partial charge >= 0.3 is 17.9 Å². The molecule has 0 aliphatic carbocycles. The Labute approximate surface area is 437 Å². The second kappa shape index (κ2) is 59.7. The van der Waals surface area contributed by atoms with Crippen LogP contribution >= 0.6 is 0 Å². The van der Waals surface area contributed by atoms with Crippen LogP contribution < -0.4 is 0 Å². The predicted octanol–water partition coefficient (Wildman–Crippen LogP) is 21.3. The first-order chi connectivity index (χ1) is 34.5. The van der Waals surface area contributed by atoms with Crippen LogP contribution in [0.25, 0.3) is 0 Å². The van der Waals surface area contributed by atoms with Crippen LogP contribution in [0.5, 0.6) is 0 Å². The highest BCUT2D eigenvalue weighted by molar-refractivity contribution is 5.71. The predicted molar refractivity (Wildman–Crippen MR) is 303 cm³/mol. The maximum atomic E-state index is 12.9. The van der Waals surface area contributed by atoms with Crippen LogP contribution in [0.2, 0.25) is 0 Å². The van der Waals surface area contributed by atoms with Gasteiger partial charge in [-0.3, -0.25) is 14.4 Å². The molecule has 0 saturated heterocycles. The van der Waals surface area contributed by atoms with Gasteiger partial charge in [-0.2, -0.15) is 0 Å². The molecule has 0 bridgehead atoms. The zero-order valence-electron chi connectivity index (χ0n) is 47.6. The molecule has 1 atom stereocenters. The van der Waals surface area contributed by atoms with Crippen LogP contribution in [0.1, 0.15) is 361 Å². The molecule has 0 aliphatic rings. The van der Waals surface area contributed by atoms with Gasteiger partial charge in [-0.25, -0.2) is 0 Å². The number of esters is 3. The monoisotopic (exact) mass is 987 g/mol. The molecular formula is C64H122O6. The lowest BCUT2D eigenvalue weighted by atomic mass is 10.0. The molecule has 70 heavy (non-hydrogen) atoms. The molecule has 1 unspecified atom stereocenters. The van der Waals surface area contributed by atoms with E-state index in [9.17, 15) is 14.4 Å². The van der Waals surface area contributed by atoms with Gasteiger partial charge in [0.05, 0.1) is 0 Å². The number of carbonyl (C=O) groups excluding carboxylic acids is 3. The van der Waals surface area contributed by atoms with Gasteiger partial charge in [-0.05, 0) is 44.9 Å². The lowest BCUT2D eigenvalue weighted by Crippen LogP contribution is -2.30. The van der Waals surface area contributed by atoms with Crippen molar-refractivity contribution in [3.63, 3.8) is 0 Å². The fourth-order valence-electron chi connectivity index (χ4n) is 9.74. The van der Waals surface area contributed by atoms with Crippen LogP contribution in [-0.2, 0) is 28.6 Å². The third kappa shape index (κ3) is 57.1. The molecule has 0 heterocycles. The van der Waals surface area contributed by atoms with Crippen molar-refractivity contribution in [2.24, 2.45) is 0 Å². The number of unbranched alkanes of at least 4 members (excludes halogenated alkanes) is 46. The molecule has 0 N–H and O–H groups in total. The van der Waals surface area contributed by atoms with E-state index < -0.39 is 6.10 Å². The van der Waals surface area contributed by atoms with E-state index in [4.69, 9.17) is 14.2 Å². The Morgan fingerprint density at radius 1 is 0.271 bits per heavy atom. The minimum atomic E-state index is -0.769. The van der Waals surface area contributed by atoms with E-state index in [1.165, 1.54) is 257 Å². The van der Waals surface area contributed by atoms with Gasteiger partial charge < -0.3 is 14.2 Å². The molecule has 0 aromatic carbocycles. The maximum absolute atomic E-state index is 12.9. The highest BCUT2D eigenvalue weighted by Gasteiger charge is 2.19. The Morgan fingerprint density at radius 2 is 0.471 bits per heavy atom. The molecule has 0 aromatic rings. The summed E-state index contributed by atoms with van der Waals surface area (Å²) in [5.41, 5.74) is 0. The zero-order chi connectivity index (χ0) is 50.7. The molecule has 0 amide bonds. The van der Waals surface area contributed by atoms with Gasteiger partial charge in [-0.1, -0.05) is 309 Å². The molecule has 0 rings (SSSR count). The number of rotatable bonds is 59. The summed E-state index contributed by atoms with van der Waals surface area (Å²) in [6.07, 6.45) is 69.4. The van der Waals surface area contributed by atoms with E-state index in [2.05, 4.69) is 32.9 Å². The smallest absolute Gasteiger partial charge is 0.306 e. The molecule has 0 aromatic heterocycles. The average molecular weight is 988 g/mol. The van der Waals surface area contributed by atoms with E-state index in [1.807, 2.05) is 0 Å². The molecule has 0 radical (unpaired) electrons. The normalized spacial score (nSPS) is 12.0. The molecule has 0 saturated carbocycles. The highest BCUT2D eigenvalue weighted by Crippen LogP contribution is 2.18. The molecule has 0 spiro atoms. The van der Waals surface area contributed by atoms with Crippen molar-refractivity contribution in [3.8, 4) is 0 Å². The Morgan fingerprint density at radius 3 is 0.714 bits per heavy atom. The molecule has 6 heteroatoms. The molecule has 6 nitrogen and oxygen atoms in total. The summed E-state index contributed by atoms with van der Waals surface area (Å²) in [4.78, 5) is 38.2. The van der Waals surface area contributed by atoms with Crippen molar-refractivity contribution in [3.05, 3.63) is 12.2 Å². The molecular weight excluding hydrogens is 865 g/mol. The number of ether oxygens (including phenoxy) is 3. The van der Waals surface area contributed by atoms with Crippen molar-refractivity contribution in [2.75, 3.05) is 13.2 Å². The zero-order valence-corrected chi connectivity index (χ0v) is 47.6. The Hall–Kier alpha value is -1.85. The first kappa shape index (κ1) is 68.2. The Bertz CT molecular complexity index is 1090. The van der Waals surface area contributed by atoms with Gasteiger partial charge in [0, 0.05) is 19.3 Å². The quantitative estimate of drug-likeness (QED) is 0.0261. The van der Waals surface area contributed by atoms with Crippen LogP contribution in [0.3, 0.4) is 0 Å². The molecule has 0 fully saturated rings. The second-order valence-corrected chi connectivity index (χ2v) is 21.7. The van der Waals surface area contributed by atoms with E-state index >= 15 is 0 Å². The maximum Gasteiger partial charge on any atom is 0.306 e. The minimum Gasteiger partial charge on any atom is -0.462 e. The van der Waals surface area contributed by atoms with Crippen molar-refractivity contribution < 1.29 is 28.6 Å². The van der Waals surface area contributed by atoms with Gasteiger partial charge in [0.1, 0.15) is 13.2 Å². The average Bonchev–Trinajstić information content (AvgIpc) is 3.36. The van der Waals surface area contributed by atoms with Gasteiger partial charge in [0.15, 0.2) is 6.10 Å². The number of carbonyl (C=O) groups is 3. The third-order valence-corrected chi connectivity index (χ3v) is 14.5. The van der Waals surface area contributed by atoms with Crippen molar-refractivity contribution >= 4 is 17.9 Å². The second-order valence-electron chi connectivity index (χ2n) is 21.7. The van der Waals surface area contributed by atoms with Crippen molar-refractivity contribution in [1.29, 1.82) is 0 Å². The fourth-order valence-corrected chi connectivity index (χ4v) is 9.74. The van der Waals surface area contributed by atoms with Crippen LogP contribution in [0, 0.1) is 0 Å². The SMILES string of the molecule is CCCCCCC/C=C\CCCCCCCC(=O)OC(COC(=O)CCCCCCCCCCCCCCCC)COC(=O)CCCCCCCCCCCCCCCCCCCCCCCCCC. The Balaban J connectivity index is 4.21. The Kier molecular flexibility index (Phi) is 58.1. The minimum absolute atomic E-state index is 0.0671. The summed E-state index contributed by atoms with van der Waals surface area (Å²) in [6.45, 7) is 6.69. The molecule has 414 valence electrons. The summed E-state index contributed by atoms with van der Waals surface area (Å²) < 4.78 is 16.9. The number of hydrogen-bond acceptors (Lipinski definition) is 6. The lowest BCUT2D eigenvalue weighted by molar-refractivity contribution is -0.167. The van der Waals surface area contributed by atoms with E-state index in [0.29, 0.717) is 19.3 Å². The highest BCUT2D eigenvalue weighted by atomic mass is 16.6. The van der Waals surface area contributed by atoms with E-state index in [-0.39, 0.29) is 31.1 Å². The topological polar surface area (TPSA) is 78.9 Å². The number of hydrogen-bond donors (Lipinski definition) is 0. The standard InChI is InChI=1S/C64H122O6/c1-4-7-10-13-16-19-22-25-28-29-30-31-32-33-34-35-36-37-40-42-45-48-51-54-57-63(66)69-60-61(70-64(67)58-55-52-49-46-43-39-27-24-21-18-15-12-9-6-3)59-68-62(65)56-53-50-47-44-41-38-26-23-20-17-14-11-8-5-2/h24,27,61H,4-23,25-26,28-60H2,1-3H3/b27-24-. The van der Waals surface area contributed by atoms with Crippen LogP contribution in [0.4, 0.5) is 0 Å². The summed E-state index contributed by atoms with van der Waals surface area (Å²) in [6, 6.07) is 0. The third-order valence-electron chi connectivity index (χ3n) is 14.5.